The summed E-state index contributed by atoms with van der Waals surface area (Å²) < 4.78 is 23.2. The molecule has 0 aliphatic rings. The maximum absolute atomic E-state index is 11.6. The average Bonchev–Trinajstić information content (AvgIpc) is 3.04. The molecule has 1 heterocycles. The minimum Gasteiger partial charge on any atom is -0.508 e. The number of benzene rings is 2. The molecule has 0 unspecified atom stereocenters. The number of phenolic OH excluding ortho intramolecular Hbond substituents is 1. The second-order valence-electron chi connectivity index (χ2n) is 5.33. The second-order valence-corrected chi connectivity index (χ2v) is 7.35. The number of H-pyrrole nitrogens is 1. The maximum atomic E-state index is 11.6. The number of aromatic amines is 1. The van der Waals surface area contributed by atoms with Crippen LogP contribution in [0.25, 0.3) is 22.6 Å². The monoisotopic (exact) mass is 342 g/mol. The quantitative estimate of drug-likeness (QED) is 0.710. The van der Waals surface area contributed by atoms with E-state index in [-0.39, 0.29) is 16.2 Å². The number of carbonyl (C=O) groups excluding carboxylic acids is 1. The molecule has 24 heavy (non-hydrogen) atoms. The van der Waals surface area contributed by atoms with E-state index in [1.807, 2.05) is 0 Å². The molecule has 0 fully saturated rings. The highest BCUT2D eigenvalue weighted by Gasteiger charge is 2.14. The zero-order valence-electron chi connectivity index (χ0n) is 12.7. The number of rotatable bonds is 4. The Morgan fingerprint density at radius 3 is 2.46 bits per heavy atom. The normalized spacial score (nSPS) is 11.4. The van der Waals surface area contributed by atoms with Crippen molar-refractivity contribution in [1.29, 1.82) is 0 Å². The molecule has 0 aliphatic carbocycles. The van der Waals surface area contributed by atoms with Crippen molar-refractivity contribution < 1.29 is 18.3 Å². The number of hydrogen-bond acceptors (Lipinski definition) is 5. The van der Waals surface area contributed by atoms with Gasteiger partial charge in [-0.3, -0.25) is 4.79 Å². The number of nitrogens with zero attached hydrogens (tertiary/aromatic N) is 1. The molecule has 0 saturated heterocycles. The van der Waals surface area contributed by atoms with Gasteiger partial charge in [0, 0.05) is 17.4 Å². The van der Waals surface area contributed by atoms with Crippen molar-refractivity contribution in [3.05, 3.63) is 54.2 Å². The summed E-state index contributed by atoms with van der Waals surface area (Å²) in [5.41, 5.74) is 2.30. The fourth-order valence-corrected chi connectivity index (χ4v) is 2.99. The third kappa shape index (κ3) is 3.07. The van der Waals surface area contributed by atoms with Crippen LogP contribution in [-0.2, 0) is 9.84 Å². The highest BCUT2D eigenvalue weighted by molar-refractivity contribution is 7.90. The summed E-state index contributed by atoms with van der Waals surface area (Å²) in [4.78, 5) is 18.8. The second kappa shape index (κ2) is 5.93. The molecule has 3 aromatic rings. The molecule has 0 amide bonds. The third-order valence-electron chi connectivity index (χ3n) is 3.59. The summed E-state index contributed by atoms with van der Waals surface area (Å²) >= 11 is 0. The van der Waals surface area contributed by atoms with Gasteiger partial charge in [0.2, 0.25) is 0 Å². The van der Waals surface area contributed by atoms with Gasteiger partial charge in [-0.25, -0.2) is 13.4 Å². The Balaban J connectivity index is 2.04. The Bertz CT molecular complexity index is 1010. The lowest BCUT2D eigenvalue weighted by Gasteiger charge is -2.05. The zero-order chi connectivity index (χ0) is 17.3. The van der Waals surface area contributed by atoms with E-state index in [1.54, 1.807) is 36.5 Å². The summed E-state index contributed by atoms with van der Waals surface area (Å²) in [5, 5.41) is 9.33. The molecule has 0 atom stereocenters. The molecule has 1 aromatic heterocycles. The number of sulfone groups is 1. The number of carbonyl (C=O) groups is 1. The van der Waals surface area contributed by atoms with Gasteiger partial charge < -0.3 is 10.1 Å². The molecule has 0 saturated carbocycles. The highest BCUT2D eigenvalue weighted by Crippen LogP contribution is 2.26. The van der Waals surface area contributed by atoms with Gasteiger partial charge >= 0.3 is 0 Å². The third-order valence-corrected chi connectivity index (χ3v) is 4.70. The van der Waals surface area contributed by atoms with E-state index in [0.29, 0.717) is 23.4 Å². The van der Waals surface area contributed by atoms with E-state index in [1.165, 1.54) is 12.1 Å². The van der Waals surface area contributed by atoms with Gasteiger partial charge in [0.25, 0.3) is 0 Å². The molecule has 2 aromatic carbocycles. The van der Waals surface area contributed by atoms with Crippen LogP contribution in [-0.4, -0.2) is 36.0 Å². The molecule has 122 valence electrons. The molecule has 6 nitrogen and oxygen atoms in total. The summed E-state index contributed by atoms with van der Waals surface area (Å²) in [7, 11) is -3.39. The van der Waals surface area contributed by atoms with Crippen LogP contribution in [0.2, 0.25) is 0 Å². The van der Waals surface area contributed by atoms with Gasteiger partial charge in [-0.05, 0) is 48.0 Å². The van der Waals surface area contributed by atoms with E-state index in [4.69, 9.17) is 0 Å². The van der Waals surface area contributed by atoms with E-state index in [2.05, 4.69) is 9.97 Å². The summed E-state index contributed by atoms with van der Waals surface area (Å²) in [6.07, 6.45) is 3.31. The van der Waals surface area contributed by atoms with Crippen molar-refractivity contribution in [1.82, 2.24) is 9.97 Å². The lowest BCUT2D eigenvalue weighted by atomic mass is 10.1. The first-order valence-electron chi connectivity index (χ1n) is 7.02. The van der Waals surface area contributed by atoms with Crippen molar-refractivity contribution >= 4 is 16.1 Å². The molecular formula is C17H14N2O4S. The smallest absolute Gasteiger partial charge is 0.175 e. The predicted octanol–water partition coefficient (Wildman–Crippen LogP) is 2.67. The number of hydrogen-bond donors (Lipinski definition) is 2. The number of aromatic hydroxyl groups is 1. The van der Waals surface area contributed by atoms with Gasteiger partial charge in [-0.15, -0.1) is 0 Å². The van der Waals surface area contributed by atoms with Crippen molar-refractivity contribution in [2.75, 3.05) is 6.26 Å². The first-order chi connectivity index (χ1) is 11.4. The molecule has 0 spiro atoms. The number of nitrogens with one attached hydrogen (secondary N) is 1. The SMILES string of the molecule is CS(=O)(=O)c1ccc(-c2ncc(-c3ccc(O)cc3)[nH]2)c(C=O)c1. The van der Waals surface area contributed by atoms with Crippen molar-refractivity contribution in [3.8, 4) is 28.4 Å². The minimum atomic E-state index is -3.39. The standard InChI is InChI=1S/C17H14N2O4S/c1-24(22,23)14-6-7-15(12(8-14)10-20)17-18-9-16(19-17)11-2-4-13(21)5-3-11/h2-10,21H,1H3,(H,18,19). The van der Waals surface area contributed by atoms with Crippen LogP contribution in [0.3, 0.4) is 0 Å². The van der Waals surface area contributed by atoms with Crippen molar-refractivity contribution in [2.45, 2.75) is 4.90 Å². The van der Waals surface area contributed by atoms with Crippen LogP contribution >= 0.6 is 0 Å². The average molecular weight is 342 g/mol. The fourth-order valence-electron chi connectivity index (χ4n) is 2.33. The summed E-state index contributed by atoms with van der Waals surface area (Å²) in [5.74, 6) is 0.623. The summed E-state index contributed by atoms with van der Waals surface area (Å²) in [6.45, 7) is 0. The Hall–Kier alpha value is -2.93. The first kappa shape index (κ1) is 15.9. The van der Waals surface area contributed by atoms with Crippen molar-refractivity contribution in [2.24, 2.45) is 0 Å². The first-order valence-corrected chi connectivity index (χ1v) is 8.91. The number of aldehydes is 1. The van der Waals surface area contributed by atoms with Crippen LogP contribution in [0.5, 0.6) is 5.75 Å². The van der Waals surface area contributed by atoms with Gasteiger partial charge in [0.15, 0.2) is 16.1 Å². The molecule has 0 aliphatic heterocycles. The van der Waals surface area contributed by atoms with E-state index < -0.39 is 9.84 Å². The number of imidazole rings is 1. The number of phenols is 1. The van der Waals surface area contributed by atoms with Gasteiger partial charge in [0.05, 0.1) is 16.8 Å². The van der Waals surface area contributed by atoms with E-state index >= 15 is 0 Å². The van der Waals surface area contributed by atoms with Gasteiger partial charge in [-0.2, -0.15) is 0 Å². The lowest BCUT2D eigenvalue weighted by molar-refractivity contribution is 0.112. The van der Waals surface area contributed by atoms with Gasteiger partial charge in [-0.1, -0.05) is 0 Å². The van der Waals surface area contributed by atoms with E-state index in [0.717, 1.165) is 11.8 Å². The molecule has 0 radical (unpaired) electrons. The molecule has 3 rings (SSSR count). The Morgan fingerprint density at radius 2 is 1.83 bits per heavy atom. The Morgan fingerprint density at radius 1 is 1.12 bits per heavy atom. The van der Waals surface area contributed by atoms with Crippen LogP contribution in [0.15, 0.2) is 53.6 Å². The summed E-state index contributed by atoms with van der Waals surface area (Å²) in [6, 6.07) is 10.9. The van der Waals surface area contributed by atoms with Gasteiger partial charge in [0.1, 0.15) is 11.6 Å². The zero-order valence-corrected chi connectivity index (χ0v) is 13.5. The number of aromatic nitrogens is 2. The van der Waals surface area contributed by atoms with E-state index in [9.17, 15) is 18.3 Å². The molecular weight excluding hydrogens is 328 g/mol. The van der Waals surface area contributed by atoms with Crippen LogP contribution < -0.4 is 0 Å². The molecule has 7 heteroatoms. The Labute approximate surface area is 138 Å². The topological polar surface area (TPSA) is 100 Å². The van der Waals surface area contributed by atoms with Crippen molar-refractivity contribution in [3.63, 3.8) is 0 Å². The van der Waals surface area contributed by atoms with Crippen LogP contribution in [0, 0.1) is 0 Å². The van der Waals surface area contributed by atoms with Crippen LogP contribution in [0.1, 0.15) is 10.4 Å². The highest BCUT2D eigenvalue weighted by atomic mass is 32.2. The minimum absolute atomic E-state index is 0.0821. The fraction of sp³-hybridized carbons (Fsp3) is 0.0588. The molecule has 0 bridgehead atoms. The molecule has 2 N–H and O–H groups in total. The van der Waals surface area contributed by atoms with Crippen LogP contribution in [0.4, 0.5) is 0 Å². The Kier molecular flexibility index (Phi) is 3.94. The lowest BCUT2D eigenvalue weighted by Crippen LogP contribution is -1.99. The maximum Gasteiger partial charge on any atom is 0.175 e. The largest absolute Gasteiger partial charge is 0.508 e. The predicted molar refractivity (Wildman–Crippen MR) is 89.6 cm³/mol.